The van der Waals surface area contributed by atoms with Crippen LogP contribution < -0.4 is 9.62 Å². The fourth-order valence-corrected chi connectivity index (χ4v) is 3.96. The molecule has 0 aromatic heterocycles. The molecule has 5 nitrogen and oxygen atoms in total. The third-order valence-electron chi connectivity index (χ3n) is 4.83. The number of halogens is 3. The van der Waals surface area contributed by atoms with Gasteiger partial charge in [-0.15, -0.1) is 0 Å². The number of rotatable bonds is 4. The van der Waals surface area contributed by atoms with Crippen LogP contribution in [0.4, 0.5) is 18.9 Å². The zero-order valence-corrected chi connectivity index (χ0v) is 16.1. The number of aryl methyl sites for hydroxylation is 2. The number of carbonyl (C=O) groups is 1. The maximum Gasteiger partial charge on any atom is 0.516 e. The second-order valence-corrected chi connectivity index (χ2v) is 8.69. The number of fused-ring (bicyclic) bond motifs is 1. The molecule has 1 aliphatic carbocycles. The van der Waals surface area contributed by atoms with Crippen molar-refractivity contribution < 1.29 is 26.4 Å². The smallest absolute Gasteiger partial charge is 0.345 e. The Morgan fingerprint density at radius 2 is 1.79 bits per heavy atom. The first kappa shape index (κ1) is 20.2. The molecule has 0 unspecified atom stereocenters. The van der Waals surface area contributed by atoms with Gasteiger partial charge in [-0.3, -0.25) is 9.10 Å². The molecule has 0 aliphatic heterocycles. The molecule has 28 heavy (non-hydrogen) atoms. The molecule has 9 heteroatoms. The fourth-order valence-electron chi connectivity index (χ4n) is 3.25. The van der Waals surface area contributed by atoms with E-state index < -0.39 is 15.5 Å². The minimum Gasteiger partial charge on any atom is -0.345 e. The Bertz CT molecular complexity index is 1000. The highest BCUT2D eigenvalue weighted by Gasteiger charge is 2.49. The number of hydrogen-bond donors (Lipinski definition) is 1. The van der Waals surface area contributed by atoms with Gasteiger partial charge in [-0.2, -0.15) is 21.6 Å². The van der Waals surface area contributed by atoms with Crippen molar-refractivity contribution in [2.75, 3.05) is 11.4 Å². The molecule has 2 aromatic carbocycles. The van der Waals surface area contributed by atoms with Crippen LogP contribution in [-0.2, 0) is 16.4 Å². The van der Waals surface area contributed by atoms with Gasteiger partial charge >= 0.3 is 15.5 Å². The predicted molar refractivity (Wildman–Crippen MR) is 99.5 cm³/mol. The van der Waals surface area contributed by atoms with Crippen molar-refractivity contribution in [3.8, 4) is 0 Å². The van der Waals surface area contributed by atoms with E-state index in [-0.39, 0.29) is 27.5 Å². The second-order valence-electron chi connectivity index (χ2n) is 6.73. The summed E-state index contributed by atoms with van der Waals surface area (Å²) >= 11 is 0. The van der Waals surface area contributed by atoms with E-state index >= 15 is 0 Å². The largest absolute Gasteiger partial charge is 0.516 e. The van der Waals surface area contributed by atoms with Crippen molar-refractivity contribution >= 4 is 21.6 Å². The van der Waals surface area contributed by atoms with Gasteiger partial charge < -0.3 is 5.32 Å². The Morgan fingerprint density at radius 3 is 2.39 bits per heavy atom. The molecule has 0 saturated carbocycles. The van der Waals surface area contributed by atoms with E-state index in [1.807, 2.05) is 19.1 Å². The number of nitrogens with zero attached hydrogens (tertiary/aromatic N) is 1. The molecule has 1 atom stereocenters. The lowest BCUT2D eigenvalue weighted by molar-refractivity contribution is -0.0437. The van der Waals surface area contributed by atoms with Crippen LogP contribution in [-0.4, -0.2) is 26.9 Å². The summed E-state index contributed by atoms with van der Waals surface area (Å²) < 4.78 is 61.0. The third kappa shape index (κ3) is 3.71. The number of benzene rings is 2. The van der Waals surface area contributed by atoms with Gasteiger partial charge in [0, 0.05) is 12.6 Å². The molecule has 3 rings (SSSR count). The van der Waals surface area contributed by atoms with Crippen LogP contribution in [0, 0.1) is 6.92 Å². The zero-order chi connectivity index (χ0) is 20.7. The van der Waals surface area contributed by atoms with Gasteiger partial charge in [0.25, 0.3) is 5.91 Å². The second kappa shape index (κ2) is 7.12. The molecule has 2 aromatic rings. The SMILES string of the molecule is Cc1ccc2c(c1)CC[C@@H]2NC(=O)c1ccc(N(C)S(=O)(=O)C(F)(F)F)cc1. The minimum absolute atomic E-state index is 0.129. The Hall–Kier alpha value is -2.55. The molecule has 1 aliphatic rings. The van der Waals surface area contributed by atoms with Crippen molar-refractivity contribution in [2.45, 2.75) is 31.3 Å². The van der Waals surface area contributed by atoms with E-state index in [4.69, 9.17) is 0 Å². The maximum atomic E-state index is 12.7. The van der Waals surface area contributed by atoms with Gasteiger partial charge in [0.05, 0.1) is 11.7 Å². The Kier molecular flexibility index (Phi) is 5.14. The number of alkyl halides is 3. The van der Waals surface area contributed by atoms with E-state index in [9.17, 15) is 26.4 Å². The first-order valence-electron chi connectivity index (χ1n) is 8.56. The van der Waals surface area contributed by atoms with E-state index in [2.05, 4.69) is 11.4 Å². The lowest BCUT2D eigenvalue weighted by Gasteiger charge is -2.21. The number of anilines is 1. The maximum absolute atomic E-state index is 12.7. The average molecular weight is 412 g/mol. The summed E-state index contributed by atoms with van der Waals surface area (Å²) in [5.74, 6) is -0.369. The molecule has 0 radical (unpaired) electrons. The van der Waals surface area contributed by atoms with Gasteiger partial charge in [-0.05, 0) is 55.2 Å². The highest BCUT2D eigenvalue weighted by atomic mass is 32.2. The summed E-state index contributed by atoms with van der Waals surface area (Å²) in [6, 6.07) is 10.9. The van der Waals surface area contributed by atoms with E-state index in [1.165, 1.54) is 29.8 Å². The third-order valence-corrected chi connectivity index (χ3v) is 6.34. The van der Waals surface area contributed by atoms with Gasteiger partial charge in [0.2, 0.25) is 0 Å². The summed E-state index contributed by atoms with van der Waals surface area (Å²) in [4.78, 5) is 12.5. The summed E-state index contributed by atoms with van der Waals surface area (Å²) in [5, 5.41) is 2.92. The molecule has 0 saturated heterocycles. The zero-order valence-electron chi connectivity index (χ0n) is 15.2. The summed E-state index contributed by atoms with van der Waals surface area (Å²) in [6.07, 6.45) is 1.64. The standard InChI is InChI=1S/C19H19F3N2O3S/c1-12-3-9-16-14(11-12)6-10-17(16)23-18(25)13-4-7-15(8-5-13)24(2)28(26,27)19(20,21)22/h3-5,7-9,11,17H,6,10H2,1-2H3,(H,23,25)/t17-/m0/s1. The minimum atomic E-state index is -5.49. The lowest BCUT2D eigenvalue weighted by Crippen LogP contribution is -2.38. The van der Waals surface area contributed by atoms with Crippen LogP contribution >= 0.6 is 0 Å². The van der Waals surface area contributed by atoms with Crippen LogP contribution in [0.3, 0.4) is 0 Å². The Balaban J connectivity index is 1.73. The van der Waals surface area contributed by atoms with Gasteiger partial charge in [0.15, 0.2) is 0 Å². The lowest BCUT2D eigenvalue weighted by atomic mass is 10.1. The fraction of sp³-hybridized carbons (Fsp3) is 0.316. The number of amides is 1. The van der Waals surface area contributed by atoms with Gasteiger partial charge in [0.1, 0.15) is 0 Å². The van der Waals surface area contributed by atoms with E-state index in [1.54, 1.807) is 0 Å². The Morgan fingerprint density at radius 1 is 1.14 bits per heavy atom. The molecule has 0 bridgehead atoms. The van der Waals surface area contributed by atoms with Crippen LogP contribution in [0.2, 0.25) is 0 Å². The summed E-state index contributed by atoms with van der Waals surface area (Å²) in [6.45, 7) is 2.00. The molecule has 0 fully saturated rings. The molecule has 150 valence electrons. The van der Waals surface area contributed by atoms with Crippen molar-refractivity contribution in [2.24, 2.45) is 0 Å². The van der Waals surface area contributed by atoms with Gasteiger partial charge in [-0.1, -0.05) is 23.8 Å². The molecule has 1 N–H and O–H groups in total. The molecule has 0 spiro atoms. The molecular weight excluding hydrogens is 393 g/mol. The van der Waals surface area contributed by atoms with Crippen molar-refractivity contribution in [3.63, 3.8) is 0 Å². The number of nitrogens with one attached hydrogen (secondary N) is 1. The van der Waals surface area contributed by atoms with E-state index in [0.29, 0.717) is 0 Å². The normalized spacial score (nSPS) is 16.5. The van der Waals surface area contributed by atoms with Crippen molar-refractivity contribution in [1.29, 1.82) is 0 Å². The first-order valence-corrected chi connectivity index (χ1v) is 10.0. The van der Waals surface area contributed by atoms with Crippen LogP contribution in [0.25, 0.3) is 0 Å². The monoisotopic (exact) mass is 412 g/mol. The summed E-state index contributed by atoms with van der Waals surface area (Å²) in [7, 11) is -4.67. The van der Waals surface area contributed by atoms with Crippen LogP contribution in [0.15, 0.2) is 42.5 Å². The molecule has 1 amide bonds. The quantitative estimate of drug-likeness (QED) is 0.833. The molecular formula is C19H19F3N2O3S. The number of carbonyl (C=O) groups excluding carboxylic acids is 1. The van der Waals surface area contributed by atoms with Crippen LogP contribution in [0.5, 0.6) is 0 Å². The first-order chi connectivity index (χ1) is 13.0. The van der Waals surface area contributed by atoms with Crippen molar-refractivity contribution in [1.82, 2.24) is 5.32 Å². The molecule has 0 heterocycles. The predicted octanol–water partition coefficient (Wildman–Crippen LogP) is 3.70. The highest BCUT2D eigenvalue weighted by molar-refractivity contribution is 7.93. The number of hydrogen-bond acceptors (Lipinski definition) is 3. The Labute approximate surface area is 161 Å². The average Bonchev–Trinajstić information content (AvgIpc) is 3.02. The summed E-state index contributed by atoms with van der Waals surface area (Å²) in [5.41, 5.74) is -1.94. The van der Waals surface area contributed by atoms with Crippen LogP contribution in [0.1, 0.15) is 39.5 Å². The number of sulfonamides is 1. The van der Waals surface area contributed by atoms with E-state index in [0.717, 1.165) is 31.0 Å². The highest BCUT2D eigenvalue weighted by Crippen LogP contribution is 2.32. The van der Waals surface area contributed by atoms with Gasteiger partial charge in [-0.25, -0.2) is 0 Å². The van der Waals surface area contributed by atoms with Crippen molar-refractivity contribution in [3.05, 3.63) is 64.7 Å². The topological polar surface area (TPSA) is 66.5 Å².